The molecule has 2 aromatic rings. The molecule has 3 heteroatoms. The molecule has 0 spiro atoms. The number of aliphatic imine (C=N–C) groups is 1. The van der Waals surface area contributed by atoms with Crippen LogP contribution in [0, 0.1) is 0 Å². The molecule has 0 fully saturated rings. The molecule has 0 unspecified atom stereocenters. The quantitative estimate of drug-likeness (QED) is 0.347. The molecule has 3 nitrogen and oxygen atoms in total. The lowest BCUT2D eigenvalue weighted by atomic mass is 10.0. The van der Waals surface area contributed by atoms with Crippen molar-refractivity contribution < 1.29 is 0 Å². The molecule has 2 N–H and O–H groups in total. The van der Waals surface area contributed by atoms with Gasteiger partial charge in [0, 0.05) is 29.5 Å². The summed E-state index contributed by atoms with van der Waals surface area (Å²) in [6, 6.07) is 15.9. The second kappa shape index (κ2) is 10.8. The van der Waals surface area contributed by atoms with E-state index in [1.807, 2.05) is 55.5 Å². The Balaban J connectivity index is 2.71. The number of hydrogen-bond acceptors (Lipinski definition) is 3. The Morgan fingerprint density at radius 1 is 1.14 bits per heavy atom. The molecule has 28 heavy (non-hydrogen) atoms. The van der Waals surface area contributed by atoms with Gasteiger partial charge in [-0.3, -0.25) is 9.98 Å². The van der Waals surface area contributed by atoms with Gasteiger partial charge in [0.2, 0.25) is 0 Å². The first-order valence-corrected chi connectivity index (χ1v) is 9.58. The van der Waals surface area contributed by atoms with Crippen LogP contribution < -0.4 is 5.73 Å². The van der Waals surface area contributed by atoms with E-state index in [1.54, 1.807) is 6.20 Å². The average Bonchev–Trinajstić information content (AvgIpc) is 2.72. The number of pyridine rings is 1. The maximum atomic E-state index is 6.20. The van der Waals surface area contributed by atoms with Crippen molar-refractivity contribution in [3.05, 3.63) is 108 Å². The van der Waals surface area contributed by atoms with Gasteiger partial charge < -0.3 is 5.73 Å². The second-order valence-corrected chi connectivity index (χ2v) is 6.53. The monoisotopic (exact) mass is 371 g/mol. The van der Waals surface area contributed by atoms with E-state index in [-0.39, 0.29) is 0 Å². The standard InChI is InChI=1S/C25H29N3/c1-5-12-22(21-13-8-7-9-14-21)28-24(17-16-19(3)6-2)25(20(4)26)23-15-10-11-18-27-23/h5,7-16,18H,4,6,17,26H2,1-3H3/b12-5-,19-16+,25-24-,28-22+. The van der Waals surface area contributed by atoms with E-state index >= 15 is 0 Å². The molecule has 1 aromatic carbocycles. The summed E-state index contributed by atoms with van der Waals surface area (Å²) in [6.45, 7) is 10.3. The fraction of sp³-hybridized carbons (Fsp3) is 0.200. The van der Waals surface area contributed by atoms with Gasteiger partial charge in [-0.05, 0) is 38.5 Å². The first-order valence-electron chi connectivity index (χ1n) is 9.58. The van der Waals surface area contributed by atoms with Crippen LogP contribution in [0.25, 0.3) is 5.57 Å². The van der Waals surface area contributed by atoms with Crippen molar-refractivity contribution in [1.29, 1.82) is 0 Å². The van der Waals surface area contributed by atoms with Crippen LogP contribution in [0.2, 0.25) is 0 Å². The van der Waals surface area contributed by atoms with E-state index in [1.165, 1.54) is 5.57 Å². The number of nitrogens with zero attached hydrogens (tertiary/aromatic N) is 2. The largest absolute Gasteiger partial charge is 0.399 e. The lowest BCUT2D eigenvalue weighted by Gasteiger charge is -2.13. The van der Waals surface area contributed by atoms with Crippen LogP contribution in [-0.2, 0) is 0 Å². The summed E-state index contributed by atoms with van der Waals surface area (Å²) in [6.07, 6.45) is 9.63. The van der Waals surface area contributed by atoms with Crippen LogP contribution in [0.3, 0.4) is 0 Å². The fourth-order valence-electron chi connectivity index (χ4n) is 2.74. The summed E-state index contributed by atoms with van der Waals surface area (Å²) < 4.78 is 0. The third kappa shape index (κ3) is 5.92. The third-order valence-electron chi connectivity index (χ3n) is 4.38. The Morgan fingerprint density at radius 2 is 1.86 bits per heavy atom. The Bertz CT molecular complexity index is 901. The molecular formula is C25H29N3. The summed E-state index contributed by atoms with van der Waals surface area (Å²) in [5, 5.41) is 0. The average molecular weight is 372 g/mol. The van der Waals surface area contributed by atoms with Crippen LogP contribution in [0.1, 0.15) is 44.9 Å². The zero-order valence-corrected chi connectivity index (χ0v) is 17.0. The van der Waals surface area contributed by atoms with E-state index in [2.05, 4.69) is 43.6 Å². The minimum Gasteiger partial charge on any atom is -0.399 e. The lowest BCUT2D eigenvalue weighted by molar-refractivity contribution is 1.05. The molecule has 0 aliphatic heterocycles. The summed E-state index contributed by atoms with van der Waals surface area (Å²) in [4.78, 5) is 9.51. The van der Waals surface area contributed by atoms with E-state index in [9.17, 15) is 0 Å². The van der Waals surface area contributed by atoms with Crippen LogP contribution in [-0.4, -0.2) is 10.7 Å². The first kappa shape index (κ1) is 21.1. The SMILES string of the molecule is C=C(N)/C(=C(C/C=C(\C)CC)/N=C(\C=C/C)c1ccccc1)c1ccccn1. The second-order valence-electron chi connectivity index (χ2n) is 6.53. The van der Waals surface area contributed by atoms with Crippen molar-refractivity contribution in [3.8, 4) is 0 Å². The van der Waals surface area contributed by atoms with Gasteiger partial charge in [0.05, 0.1) is 17.1 Å². The number of aromatic nitrogens is 1. The van der Waals surface area contributed by atoms with Gasteiger partial charge in [-0.1, -0.05) is 67.6 Å². The molecule has 0 atom stereocenters. The Labute approximate surface area is 168 Å². The predicted molar refractivity (Wildman–Crippen MR) is 121 cm³/mol. The van der Waals surface area contributed by atoms with E-state index < -0.39 is 0 Å². The highest BCUT2D eigenvalue weighted by Gasteiger charge is 2.13. The van der Waals surface area contributed by atoms with Crippen molar-refractivity contribution in [1.82, 2.24) is 4.98 Å². The van der Waals surface area contributed by atoms with Gasteiger partial charge in [-0.25, -0.2) is 0 Å². The number of allylic oxidation sites excluding steroid dienone is 5. The third-order valence-corrected chi connectivity index (χ3v) is 4.38. The summed E-state index contributed by atoms with van der Waals surface area (Å²) >= 11 is 0. The predicted octanol–water partition coefficient (Wildman–Crippen LogP) is 6.08. The molecule has 0 aliphatic carbocycles. The van der Waals surface area contributed by atoms with Crippen LogP contribution >= 0.6 is 0 Å². The topological polar surface area (TPSA) is 51.3 Å². The normalized spacial score (nSPS) is 13.5. The fourth-order valence-corrected chi connectivity index (χ4v) is 2.74. The molecule has 1 heterocycles. The van der Waals surface area contributed by atoms with Crippen molar-refractivity contribution in [3.63, 3.8) is 0 Å². The van der Waals surface area contributed by atoms with E-state index in [4.69, 9.17) is 10.7 Å². The van der Waals surface area contributed by atoms with Crippen LogP contribution in [0.4, 0.5) is 0 Å². The van der Waals surface area contributed by atoms with Gasteiger partial charge in [-0.2, -0.15) is 0 Å². The maximum Gasteiger partial charge on any atom is 0.0740 e. The minimum atomic E-state index is 0.466. The minimum absolute atomic E-state index is 0.466. The number of benzene rings is 1. The molecule has 2 rings (SSSR count). The number of nitrogens with two attached hydrogens (primary N) is 1. The van der Waals surface area contributed by atoms with E-state index in [0.29, 0.717) is 12.1 Å². The highest BCUT2D eigenvalue weighted by molar-refractivity contribution is 6.09. The van der Waals surface area contributed by atoms with Gasteiger partial charge in [0.15, 0.2) is 0 Å². The highest BCUT2D eigenvalue weighted by Crippen LogP contribution is 2.26. The summed E-state index contributed by atoms with van der Waals surface area (Å²) in [5.74, 6) is 0. The van der Waals surface area contributed by atoms with Crippen LogP contribution in [0.5, 0.6) is 0 Å². The molecule has 0 radical (unpaired) electrons. The smallest absolute Gasteiger partial charge is 0.0740 e. The molecule has 0 saturated heterocycles. The van der Waals surface area contributed by atoms with Crippen molar-refractivity contribution >= 4 is 11.3 Å². The lowest BCUT2D eigenvalue weighted by Crippen LogP contribution is -2.05. The molecule has 1 aromatic heterocycles. The Morgan fingerprint density at radius 3 is 2.43 bits per heavy atom. The van der Waals surface area contributed by atoms with E-state index in [0.717, 1.165) is 34.7 Å². The highest BCUT2D eigenvalue weighted by atomic mass is 14.8. The number of hydrogen-bond donors (Lipinski definition) is 1. The zero-order valence-electron chi connectivity index (χ0n) is 17.0. The molecular weight excluding hydrogens is 342 g/mol. The molecule has 144 valence electrons. The molecule has 0 amide bonds. The Hall–Kier alpha value is -3.20. The van der Waals surface area contributed by atoms with Crippen LogP contribution in [0.15, 0.2) is 101 Å². The maximum absolute atomic E-state index is 6.20. The summed E-state index contributed by atoms with van der Waals surface area (Å²) in [5.41, 5.74) is 12.3. The van der Waals surface area contributed by atoms with Gasteiger partial charge in [-0.15, -0.1) is 0 Å². The summed E-state index contributed by atoms with van der Waals surface area (Å²) in [7, 11) is 0. The number of rotatable bonds is 8. The molecule has 0 bridgehead atoms. The van der Waals surface area contributed by atoms with Gasteiger partial charge in [0.1, 0.15) is 0 Å². The van der Waals surface area contributed by atoms with Crippen molar-refractivity contribution in [2.75, 3.05) is 0 Å². The van der Waals surface area contributed by atoms with Crippen molar-refractivity contribution in [2.45, 2.75) is 33.6 Å². The Kier molecular flexibility index (Phi) is 8.16. The molecule has 0 aliphatic rings. The van der Waals surface area contributed by atoms with Gasteiger partial charge >= 0.3 is 0 Å². The van der Waals surface area contributed by atoms with Gasteiger partial charge in [0.25, 0.3) is 0 Å². The van der Waals surface area contributed by atoms with Crippen molar-refractivity contribution in [2.24, 2.45) is 10.7 Å². The molecule has 0 saturated carbocycles. The zero-order chi connectivity index (χ0) is 20.4. The first-order chi connectivity index (χ1) is 13.6.